The Morgan fingerprint density at radius 2 is 2.18 bits per heavy atom. The highest BCUT2D eigenvalue weighted by atomic mass is 79.9. The van der Waals surface area contributed by atoms with Gasteiger partial charge < -0.3 is 5.21 Å². The summed E-state index contributed by atoms with van der Waals surface area (Å²) in [6, 6.07) is 3.82. The minimum atomic E-state index is 0.528. The number of halogens is 1. The molecule has 11 heavy (non-hydrogen) atoms. The van der Waals surface area contributed by atoms with Gasteiger partial charge in [0.15, 0.2) is 11.9 Å². The van der Waals surface area contributed by atoms with E-state index < -0.39 is 0 Å². The molecule has 0 spiro atoms. The van der Waals surface area contributed by atoms with Crippen LogP contribution in [0, 0.1) is 5.21 Å². The van der Waals surface area contributed by atoms with Gasteiger partial charge in [0.2, 0.25) is 0 Å². The third-order valence-corrected chi connectivity index (χ3v) is 2.37. The molecule has 0 aliphatic heterocycles. The summed E-state index contributed by atoms with van der Waals surface area (Å²) in [7, 11) is 0. The molecule has 3 heteroatoms. The molecule has 0 radical (unpaired) electrons. The summed E-state index contributed by atoms with van der Waals surface area (Å²) in [5, 5.41) is 11.2. The second-order valence-corrected chi connectivity index (χ2v) is 3.79. The van der Waals surface area contributed by atoms with Crippen molar-refractivity contribution in [1.82, 2.24) is 0 Å². The Morgan fingerprint density at radius 3 is 2.73 bits per heavy atom. The summed E-state index contributed by atoms with van der Waals surface area (Å²) in [4.78, 5) is 0. The average Bonchev–Trinajstić information content (AvgIpc) is 2.70. The van der Waals surface area contributed by atoms with Gasteiger partial charge in [0.25, 0.3) is 0 Å². The first-order valence-corrected chi connectivity index (χ1v) is 4.45. The fraction of sp³-hybridized carbons (Fsp3) is 0.375. The molecular formula is C8H8BrNO. The topological polar surface area (TPSA) is 26.9 Å². The van der Waals surface area contributed by atoms with Crippen LogP contribution in [0.15, 0.2) is 22.8 Å². The van der Waals surface area contributed by atoms with Crippen molar-refractivity contribution >= 4 is 15.9 Å². The summed E-state index contributed by atoms with van der Waals surface area (Å²) < 4.78 is 1.80. The van der Waals surface area contributed by atoms with E-state index in [1.807, 2.05) is 12.1 Å². The molecule has 0 unspecified atom stereocenters. The van der Waals surface area contributed by atoms with Gasteiger partial charge in [0, 0.05) is 12.0 Å². The molecule has 0 amide bonds. The molecule has 1 aliphatic carbocycles. The van der Waals surface area contributed by atoms with Crippen LogP contribution in [0.3, 0.4) is 0 Å². The van der Waals surface area contributed by atoms with E-state index in [0.717, 1.165) is 14.9 Å². The van der Waals surface area contributed by atoms with Crippen molar-refractivity contribution in [3.63, 3.8) is 0 Å². The van der Waals surface area contributed by atoms with Gasteiger partial charge in [0.05, 0.1) is 4.47 Å². The van der Waals surface area contributed by atoms with Gasteiger partial charge in [-0.25, -0.2) is 0 Å². The zero-order valence-electron chi connectivity index (χ0n) is 5.96. The zero-order valence-corrected chi connectivity index (χ0v) is 7.54. The van der Waals surface area contributed by atoms with Gasteiger partial charge in [-0.05, 0) is 34.8 Å². The predicted octanol–water partition coefficient (Wildman–Crippen LogP) is 1.96. The fourth-order valence-corrected chi connectivity index (χ4v) is 1.48. The molecule has 1 heterocycles. The Balaban J connectivity index is 2.39. The fourth-order valence-electron chi connectivity index (χ4n) is 1.16. The predicted molar refractivity (Wildman–Crippen MR) is 45.1 cm³/mol. The lowest BCUT2D eigenvalue weighted by atomic mass is 10.2. The molecule has 0 aromatic carbocycles. The minimum Gasteiger partial charge on any atom is -0.618 e. The van der Waals surface area contributed by atoms with Crippen molar-refractivity contribution in [2.24, 2.45) is 0 Å². The maximum atomic E-state index is 11.2. The van der Waals surface area contributed by atoms with Crippen LogP contribution < -0.4 is 4.73 Å². The zero-order chi connectivity index (χ0) is 7.84. The van der Waals surface area contributed by atoms with Crippen LogP contribution in [0.5, 0.6) is 0 Å². The van der Waals surface area contributed by atoms with Crippen molar-refractivity contribution in [2.75, 3.05) is 0 Å². The van der Waals surface area contributed by atoms with Gasteiger partial charge >= 0.3 is 0 Å². The molecule has 0 bridgehead atoms. The van der Waals surface area contributed by atoms with Crippen LogP contribution in [0.4, 0.5) is 0 Å². The Kier molecular flexibility index (Phi) is 1.60. The summed E-state index contributed by atoms with van der Waals surface area (Å²) >= 11 is 3.24. The van der Waals surface area contributed by atoms with Crippen LogP contribution in [0.25, 0.3) is 0 Å². The quantitative estimate of drug-likeness (QED) is 0.518. The monoisotopic (exact) mass is 213 g/mol. The molecule has 1 aliphatic rings. The third kappa shape index (κ3) is 1.38. The summed E-state index contributed by atoms with van der Waals surface area (Å²) in [6.07, 6.45) is 3.90. The Bertz CT molecular complexity index is 283. The van der Waals surface area contributed by atoms with Gasteiger partial charge in [-0.3, -0.25) is 0 Å². The van der Waals surface area contributed by atoms with Crippen LogP contribution in [-0.4, -0.2) is 0 Å². The molecule has 1 aromatic rings. The molecule has 0 atom stereocenters. The number of hydrogen-bond donors (Lipinski definition) is 0. The molecule has 1 fully saturated rings. The highest BCUT2D eigenvalue weighted by Crippen LogP contribution is 2.38. The highest BCUT2D eigenvalue weighted by molar-refractivity contribution is 9.10. The number of pyridine rings is 1. The van der Waals surface area contributed by atoms with Crippen molar-refractivity contribution < 1.29 is 4.73 Å². The lowest BCUT2D eigenvalue weighted by Crippen LogP contribution is -2.30. The van der Waals surface area contributed by atoms with E-state index in [-0.39, 0.29) is 0 Å². The van der Waals surface area contributed by atoms with Crippen LogP contribution in [-0.2, 0) is 0 Å². The highest BCUT2D eigenvalue weighted by Gasteiger charge is 2.30. The second kappa shape index (κ2) is 2.48. The van der Waals surface area contributed by atoms with E-state index in [2.05, 4.69) is 15.9 Å². The van der Waals surface area contributed by atoms with Crippen molar-refractivity contribution in [3.05, 3.63) is 33.7 Å². The smallest absolute Gasteiger partial charge is 0.195 e. The summed E-state index contributed by atoms with van der Waals surface area (Å²) in [6.45, 7) is 0. The lowest BCUT2D eigenvalue weighted by molar-refractivity contribution is -0.614. The average molecular weight is 214 g/mol. The van der Waals surface area contributed by atoms with E-state index in [1.165, 1.54) is 12.8 Å². The Morgan fingerprint density at radius 1 is 1.45 bits per heavy atom. The van der Waals surface area contributed by atoms with Crippen LogP contribution in [0.1, 0.15) is 24.5 Å². The molecule has 0 saturated heterocycles. The number of nitrogens with zero attached hydrogens (tertiary/aromatic N) is 1. The number of aromatic nitrogens is 1. The SMILES string of the molecule is [O-][n+]1cc(Br)ccc1C1CC1. The molecular weight excluding hydrogens is 206 g/mol. The Hall–Kier alpha value is -0.570. The van der Waals surface area contributed by atoms with Crippen LogP contribution >= 0.6 is 15.9 Å². The maximum absolute atomic E-state index is 11.2. The maximum Gasteiger partial charge on any atom is 0.195 e. The van der Waals surface area contributed by atoms with E-state index >= 15 is 0 Å². The van der Waals surface area contributed by atoms with Crippen molar-refractivity contribution in [3.8, 4) is 0 Å². The van der Waals surface area contributed by atoms with E-state index in [9.17, 15) is 5.21 Å². The first-order valence-electron chi connectivity index (χ1n) is 3.66. The molecule has 2 rings (SSSR count). The molecule has 2 nitrogen and oxygen atoms in total. The standard InChI is InChI=1S/C8H8BrNO/c9-7-3-4-8(6-1-2-6)10(11)5-7/h3-6H,1-2H2. The van der Waals surface area contributed by atoms with Gasteiger partial charge in [0.1, 0.15) is 0 Å². The number of rotatable bonds is 1. The lowest BCUT2D eigenvalue weighted by Gasteiger charge is -2.01. The van der Waals surface area contributed by atoms with Gasteiger partial charge in [-0.1, -0.05) is 0 Å². The molecule has 58 valence electrons. The molecule has 1 aromatic heterocycles. The molecule has 1 saturated carbocycles. The van der Waals surface area contributed by atoms with Gasteiger partial charge in [-0.2, -0.15) is 4.73 Å². The molecule has 0 N–H and O–H groups in total. The van der Waals surface area contributed by atoms with E-state index in [4.69, 9.17) is 0 Å². The number of hydrogen-bond acceptors (Lipinski definition) is 1. The van der Waals surface area contributed by atoms with E-state index in [1.54, 1.807) is 6.20 Å². The second-order valence-electron chi connectivity index (χ2n) is 2.87. The first-order chi connectivity index (χ1) is 5.27. The third-order valence-electron chi connectivity index (χ3n) is 1.90. The van der Waals surface area contributed by atoms with Crippen molar-refractivity contribution in [2.45, 2.75) is 18.8 Å². The van der Waals surface area contributed by atoms with Crippen LogP contribution in [0.2, 0.25) is 0 Å². The minimum absolute atomic E-state index is 0.528. The Labute approximate surface area is 73.6 Å². The summed E-state index contributed by atoms with van der Waals surface area (Å²) in [5.41, 5.74) is 0.910. The van der Waals surface area contributed by atoms with Crippen molar-refractivity contribution in [1.29, 1.82) is 0 Å². The van der Waals surface area contributed by atoms with E-state index in [0.29, 0.717) is 5.92 Å². The first kappa shape index (κ1) is 7.10. The van der Waals surface area contributed by atoms with Gasteiger partial charge in [-0.15, -0.1) is 0 Å². The largest absolute Gasteiger partial charge is 0.618 e. The normalized spacial score (nSPS) is 16.8. The summed E-state index contributed by atoms with van der Waals surface area (Å²) in [5.74, 6) is 0.528.